The average Bonchev–Trinajstić information content (AvgIpc) is 2.38. The predicted octanol–water partition coefficient (Wildman–Crippen LogP) is 3.45. The zero-order valence-electron chi connectivity index (χ0n) is 12.7. The molecule has 0 aliphatic carbocycles. The van der Waals surface area contributed by atoms with Crippen molar-refractivity contribution >= 4 is 17.3 Å². The van der Waals surface area contributed by atoms with Gasteiger partial charge in [-0.1, -0.05) is 18.5 Å². The summed E-state index contributed by atoms with van der Waals surface area (Å²) in [5.41, 5.74) is 2.55. The zero-order chi connectivity index (χ0) is 14.5. The normalized spacial score (nSPS) is 23.1. The second kappa shape index (κ2) is 7.30. The molecule has 1 aromatic rings. The molecule has 0 aromatic heterocycles. The molecule has 2 atom stereocenters. The molecule has 0 spiro atoms. The minimum atomic E-state index is 0.269. The standard InChI is InChI=1S/C16H25ClN2O/c1-4-7-18-9-14-8-15(17)5-6-16(14)19-10-12(2)20-13(3)11-19/h5-6,8,12-13,18H,4,7,9-11H2,1-3H3/t12-,13+. The second-order valence-corrected chi connectivity index (χ2v) is 6.05. The van der Waals surface area contributed by atoms with Crippen molar-refractivity contribution < 1.29 is 4.74 Å². The predicted molar refractivity (Wildman–Crippen MR) is 85.7 cm³/mol. The number of benzene rings is 1. The molecule has 112 valence electrons. The lowest BCUT2D eigenvalue weighted by Gasteiger charge is -2.38. The molecule has 0 radical (unpaired) electrons. The Labute approximate surface area is 127 Å². The van der Waals surface area contributed by atoms with Crippen LogP contribution in [-0.4, -0.2) is 31.8 Å². The van der Waals surface area contributed by atoms with Crippen molar-refractivity contribution in [3.8, 4) is 0 Å². The van der Waals surface area contributed by atoms with Crippen LogP contribution in [0.2, 0.25) is 5.02 Å². The van der Waals surface area contributed by atoms with E-state index < -0.39 is 0 Å². The quantitative estimate of drug-likeness (QED) is 0.842. The van der Waals surface area contributed by atoms with Crippen molar-refractivity contribution in [3.63, 3.8) is 0 Å². The highest BCUT2D eigenvalue weighted by atomic mass is 35.5. The minimum Gasteiger partial charge on any atom is -0.372 e. The van der Waals surface area contributed by atoms with Crippen LogP contribution >= 0.6 is 11.6 Å². The highest BCUT2D eigenvalue weighted by Gasteiger charge is 2.23. The number of morpholine rings is 1. The first-order chi connectivity index (χ1) is 9.60. The topological polar surface area (TPSA) is 24.5 Å². The fraction of sp³-hybridized carbons (Fsp3) is 0.625. The lowest BCUT2D eigenvalue weighted by Crippen LogP contribution is -2.46. The summed E-state index contributed by atoms with van der Waals surface area (Å²) in [6.45, 7) is 10.2. The highest BCUT2D eigenvalue weighted by Crippen LogP contribution is 2.27. The third-order valence-corrected chi connectivity index (χ3v) is 3.78. The van der Waals surface area contributed by atoms with Crippen LogP contribution in [0.1, 0.15) is 32.8 Å². The maximum absolute atomic E-state index is 6.15. The molecule has 0 bridgehead atoms. The Kier molecular flexibility index (Phi) is 5.70. The van der Waals surface area contributed by atoms with Crippen LogP contribution < -0.4 is 10.2 Å². The fourth-order valence-corrected chi connectivity index (χ4v) is 2.97. The van der Waals surface area contributed by atoms with Gasteiger partial charge >= 0.3 is 0 Å². The molecular weight excluding hydrogens is 272 g/mol. The number of anilines is 1. The van der Waals surface area contributed by atoms with Gasteiger partial charge in [0.25, 0.3) is 0 Å². The monoisotopic (exact) mass is 296 g/mol. The Morgan fingerprint density at radius 3 is 2.65 bits per heavy atom. The van der Waals surface area contributed by atoms with Gasteiger partial charge in [0.05, 0.1) is 12.2 Å². The molecule has 1 aliphatic heterocycles. The number of hydrogen-bond donors (Lipinski definition) is 1. The summed E-state index contributed by atoms with van der Waals surface area (Å²) in [5.74, 6) is 0. The van der Waals surface area contributed by atoms with Gasteiger partial charge in [0.15, 0.2) is 0 Å². The minimum absolute atomic E-state index is 0.269. The maximum atomic E-state index is 6.15. The molecule has 1 aliphatic rings. The molecule has 0 unspecified atom stereocenters. The Balaban J connectivity index is 2.16. The first-order valence-corrected chi connectivity index (χ1v) is 7.87. The van der Waals surface area contributed by atoms with Crippen LogP contribution in [0, 0.1) is 0 Å². The third kappa shape index (κ3) is 4.11. The summed E-state index contributed by atoms with van der Waals surface area (Å²) >= 11 is 6.15. The Morgan fingerprint density at radius 1 is 1.30 bits per heavy atom. The van der Waals surface area contributed by atoms with Gasteiger partial charge in [-0.15, -0.1) is 0 Å². The molecule has 1 aromatic carbocycles. The molecule has 0 saturated carbocycles. The van der Waals surface area contributed by atoms with Crippen molar-refractivity contribution in [3.05, 3.63) is 28.8 Å². The summed E-state index contributed by atoms with van der Waals surface area (Å²) in [6, 6.07) is 6.19. The summed E-state index contributed by atoms with van der Waals surface area (Å²) in [7, 11) is 0. The van der Waals surface area contributed by atoms with Crippen LogP contribution in [0.4, 0.5) is 5.69 Å². The van der Waals surface area contributed by atoms with Gasteiger partial charge in [-0.25, -0.2) is 0 Å². The number of nitrogens with zero attached hydrogens (tertiary/aromatic N) is 1. The van der Waals surface area contributed by atoms with E-state index in [4.69, 9.17) is 16.3 Å². The van der Waals surface area contributed by atoms with Crippen molar-refractivity contribution in [2.45, 2.75) is 45.9 Å². The average molecular weight is 297 g/mol. The van der Waals surface area contributed by atoms with E-state index in [0.29, 0.717) is 0 Å². The van der Waals surface area contributed by atoms with Crippen LogP contribution in [0.25, 0.3) is 0 Å². The van der Waals surface area contributed by atoms with Crippen LogP contribution in [0.5, 0.6) is 0 Å². The number of nitrogens with one attached hydrogen (secondary N) is 1. The molecule has 1 saturated heterocycles. The molecule has 3 nitrogen and oxygen atoms in total. The van der Waals surface area contributed by atoms with Crippen molar-refractivity contribution in [2.75, 3.05) is 24.5 Å². The second-order valence-electron chi connectivity index (χ2n) is 5.61. The van der Waals surface area contributed by atoms with Crippen LogP contribution in [0.15, 0.2) is 18.2 Å². The molecule has 1 fully saturated rings. The smallest absolute Gasteiger partial charge is 0.0726 e. The molecule has 20 heavy (non-hydrogen) atoms. The summed E-state index contributed by atoms with van der Waals surface area (Å²) in [4.78, 5) is 2.41. The van der Waals surface area contributed by atoms with Crippen molar-refractivity contribution in [1.29, 1.82) is 0 Å². The molecule has 2 rings (SSSR count). The number of hydrogen-bond acceptors (Lipinski definition) is 3. The highest BCUT2D eigenvalue weighted by molar-refractivity contribution is 6.30. The van der Waals surface area contributed by atoms with E-state index in [0.717, 1.165) is 37.6 Å². The van der Waals surface area contributed by atoms with Gasteiger partial charge < -0.3 is 15.0 Å². The summed E-state index contributed by atoms with van der Waals surface area (Å²) in [5, 5.41) is 4.27. The van der Waals surface area contributed by atoms with Gasteiger partial charge in [0.1, 0.15) is 0 Å². The fourth-order valence-electron chi connectivity index (χ4n) is 2.78. The van der Waals surface area contributed by atoms with E-state index in [1.54, 1.807) is 0 Å². The van der Waals surface area contributed by atoms with Gasteiger partial charge in [-0.3, -0.25) is 0 Å². The van der Waals surface area contributed by atoms with Gasteiger partial charge in [-0.2, -0.15) is 0 Å². The van der Waals surface area contributed by atoms with E-state index >= 15 is 0 Å². The summed E-state index contributed by atoms with van der Waals surface area (Å²) in [6.07, 6.45) is 1.68. The van der Waals surface area contributed by atoms with E-state index in [1.807, 2.05) is 6.07 Å². The van der Waals surface area contributed by atoms with Gasteiger partial charge in [0, 0.05) is 30.3 Å². The van der Waals surface area contributed by atoms with Crippen molar-refractivity contribution in [1.82, 2.24) is 5.32 Å². The van der Waals surface area contributed by atoms with E-state index in [-0.39, 0.29) is 12.2 Å². The number of halogens is 1. The Hall–Kier alpha value is -0.770. The zero-order valence-corrected chi connectivity index (χ0v) is 13.4. The molecule has 1 N–H and O–H groups in total. The lowest BCUT2D eigenvalue weighted by molar-refractivity contribution is -0.00526. The van der Waals surface area contributed by atoms with E-state index in [1.165, 1.54) is 11.3 Å². The Morgan fingerprint density at radius 2 is 2.00 bits per heavy atom. The lowest BCUT2D eigenvalue weighted by atomic mass is 10.1. The van der Waals surface area contributed by atoms with E-state index in [2.05, 4.69) is 43.1 Å². The largest absolute Gasteiger partial charge is 0.372 e. The molecule has 1 heterocycles. The maximum Gasteiger partial charge on any atom is 0.0726 e. The molecule has 0 amide bonds. The van der Waals surface area contributed by atoms with Crippen LogP contribution in [-0.2, 0) is 11.3 Å². The molecular formula is C16H25ClN2O. The Bertz CT molecular complexity index is 428. The summed E-state index contributed by atoms with van der Waals surface area (Å²) < 4.78 is 5.82. The number of rotatable bonds is 5. The van der Waals surface area contributed by atoms with Crippen molar-refractivity contribution in [2.24, 2.45) is 0 Å². The van der Waals surface area contributed by atoms with E-state index in [9.17, 15) is 0 Å². The van der Waals surface area contributed by atoms with Gasteiger partial charge in [0.2, 0.25) is 0 Å². The molecule has 4 heteroatoms. The van der Waals surface area contributed by atoms with Crippen LogP contribution in [0.3, 0.4) is 0 Å². The SMILES string of the molecule is CCCNCc1cc(Cl)ccc1N1C[C@@H](C)O[C@@H](C)C1. The third-order valence-electron chi connectivity index (χ3n) is 3.54. The first kappa shape index (κ1) is 15.6. The first-order valence-electron chi connectivity index (χ1n) is 7.49. The number of ether oxygens (including phenoxy) is 1. The van der Waals surface area contributed by atoms with Gasteiger partial charge in [-0.05, 0) is 50.6 Å².